The predicted molar refractivity (Wildman–Crippen MR) is 97.1 cm³/mol. The molecule has 25 heavy (non-hydrogen) atoms. The molecule has 5 nitrogen and oxygen atoms in total. The van der Waals surface area contributed by atoms with Gasteiger partial charge in [-0.2, -0.15) is 0 Å². The number of rotatable bonds is 2. The van der Waals surface area contributed by atoms with Crippen molar-refractivity contribution < 1.29 is 9.59 Å². The normalized spacial score (nSPS) is 19.5. The SMILES string of the molecule is CC(N)C(=O)NC1C(=O)N2CCCc3cccc(c32)-c2ccccc21. The second kappa shape index (κ2) is 6.01. The average Bonchev–Trinajstić information content (AvgIpc) is 2.73. The van der Waals surface area contributed by atoms with Crippen LogP contribution >= 0.6 is 0 Å². The summed E-state index contributed by atoms with van der Waals surface area (Å²) < 4.78 is 0. The molecule has 2 amide bonds. The molecule has 2 heterocycles. The molecule has 5 heteroatoms. The van der Waals surface area contributed by atoms with E-state index in [2.05, 4.69) is 17.4 Å². The molecule has 0 saturated heterocycles. The van der Waals surface area contributed by atoms with Crippen molar-refractivity contribution >= 4 is 17.5 Å². The largest absolute Gasteiger partial charge is 0.339 e. The van der Waals surface area contributed by atoms with E-state index in [0.29, 0.717) is 6.54 Å². The van der Waals surface area contributed by atoms with E-state index < -0.39 is 12.1 Å². The Morgan fingerprint density at radius 1 is 1.20 bits per heavy atom. The van der Waals surface area contributed by atoms with E-state index in [1.54, 1.807) is 6.92 Å². The van der Waals surface area contributed by atoms with Crippen LogP contribution in [0.25, 0.3) is 11.1 Å². The Hall–Kier alpha value is -2.66. The first-order valence-electron chi connectivity index (χ1n) is 8.66. The minimum atomic E-state index is -0.715. The van der Waals surface area contributed by atoms with Crippen molar-refractivity contribution in [2.45, 2.75) is 31.8 Å². The molecule has 0 fully saturated rings. The van der Waals surface area contributed by atoms with Crippen LogP contribution in [-0.4, -0.2) is 24.4 Å². The summed E-state index contributed by atoms with van der Waals surface area (Å²) >= 11 is 0. The van der Waals surface area contributed by atoms with E-state index in [-0.39, 0.29) is 11.8 Å². The highest BCUT2D eigenvalue weighted by atomic mass is 16.2. The summed E-state index contributed by atoms with van der Waals surface area (Å²) in [5.74, 6) is -0.413. The molecule has 0 radical (unpaired) electrons. The fourth-order valence-corrected chi connectivity index (χ4v) is 3.79. The molecule has 2 aliphatic rings. The van der Waals surface area contributed by atoms with E-state index in [9.17, 15) is 9.59 Å². The predicted octanol–water partition coefficient (Wildman–Crippen LogP) is 2.15. The van der Waals surface area contributed by atoms with E-state index in [1.807, 2.05) is 35.2 Å². The zero-order chi connectivity index (χ0) is 17.6. The average molecular weight is 335 g/mol. The number of nitrogens with one attached hydrogen (secondary N) is 1. The number of amides is 2. The smallest absolute Gasteiger partial charge is 0.254 e. The number of benzene rings is 2. The van der Waals surface area contributed by atoms with Crippen molar-refractivity contribution in [3.05, 3.63) is 53.6 Å². The second-order valence-corrected chi connectivity index (χ2v) is 6.72. The number of carbonyl (C=O) groups is 2. The number of hydrogen-bond acceptors (Lipinski definition) is 3. The molecular weight excluding hydrogens is 314 g/mol. The van der Waals surface area contributed by atoms with Crippen molar-refractivity contribution in [2.75, 3.05) is 11.4 Å². The van der Waals surface area contributed by atoms with Crippen LogP contribution in [0.2, 0.25) is 0 Å². The Kier molecular flexibility index (Phi) is 3.81. The van der Waals surface area contributed by atoms with Gasteiger partial charge in [0.15, 0.2) is 0 Å². The minimum absolute atomic E-state index is 0.0904. The molecule has 0 aliphatic carbocycles. The molecule has 2 aromatic carbocycles. The Balaban J connectivity index is 1.92. The van der Waals surface area contributed by atoms with Gasteiger partial charge < -0.3 is 16.0 Å². The first-order chi connectivity index (χ1) is 12.1. The summed E-state index contributed by atoms with van der Waals surface area (Å²) in [5, 5.41) is 2.85. The number of fused-ring (bicyclic) bond motifs is 2. The number of nitrogens with two attached hydrogens (primary N) is 1. The number of aryl methyl sites for hydroxylation is 1. The number of carbonyl (C=O) groups excluding carboxylic acids is 2. The van der Waals surface area contributed by atoms with Crippen molar-refractivity contribution in [1.82, 2.24) is 5.32 Å². The minimum Gasteiger partial charge on any atom is -0.339 e. The van der Waals surface area contributed by atoms with Crippen LogP contribution in [0.4, 0.5) is 5.69 Å². The monoisotopic (exact) mass is 335 g/mol. The summed E-state index contributed by atoms with van der Waals surface area (Å²) in [4.78, 5) is 27.4. The van der Waals surface area contributed by atoms with E-state index in [0.717, 1.165) is 35.2 Å². The van der Waals surface area contributed by atoms with Crippen LogP contribution in [0.5, 0.6) is 0 Å². The Morgan fingerprint density at radius 2 is 1.96 bits per heavy atom. The molecule has 128 valence electrons. The highest BCUT2D eigenvalue weighted by Gasteiger charge is 2.37. The van der Waals surface area contributed by atoms with Crippen LogP contribution in [-0.2, 0) is 16.0 Å². The van der Waals surface area contributed by atoms with Crippen LogP contribution in [0.15, 0.2) is 42.5 Å². The van der Waals surface area contributed by atoms with Gasteiger partial charge in [-0.05, 0) is 36.5 Å². The van der Waals surface area contributed by atoms with Crippen molar-refractivity contribution in [3.8, 4) is 11.1 Å². The van der Waals surface area contributed by atoms with Crippen LogP contribution in [0.3, 0.4) is 0 Å². The van der Waals surface area contributed by atoms with Gasteiger partial charge in [-0.25, -0.2) is 0 Å². The molecule has 4 rings (SSSR count). The third kappa shape index (κ3) is 2.51. The summed E-state index contributed by atoms with van der Waals surface area (Å²) in [7, 11) is 0. The second-order valence-electron chi connectivity index (χ2n) is 6.72. The Bertz CT molecular complexity index is 860. The maximum atomic E-state index is 13.3. The van der Waals surface area contributed by atoms with E-state index in [1.165, 1.54) is 5.56 Å². The van der Waals surface area contributed by atoms with Crippen LogP contribution in [0.1, 0.15) is 30.5 Å². The molecule has 3 N–H and O–H groups in total. The molecule has 0 bridgehead atoms. The zero-order valence-corrected chi connectivity index (χ0v) is 14.2. The van der Waals surface area contributed by atoms with E-state index >= 15 is 0 Å². The van der Waals surface area contributed by atoms with Gasteiger partial charge in [0.25, 0.3) is 5.91 Å². The quantitative estimate of drug-likeness (QED) is 0.883. The van der Waals surface area contributed by atoms with Gasteiger partial charge in [0, 0.05) is 12.1 Å². The highest BCUT2D eigenvalue weighted by molar-refractivity contribution is 6.07. The number of para-hydroxylation sites is 1. The maximum absolute atomic E-state index is 13.3. The van der Waals surface area contributed by atoms with E-state index in [4.69, 9.17) is 5.73 Å². The van der Waals surface area contributed by atoms with Crippen LogP contribution < -0.4 is 16.0 Å². The van der Waals surface area contributed by atoms with Gasteiger partial charge in [-0.15, -0.1) is 0 Å². The first-order valence-corrected chi connectivity index (χ1v) is 8.66. The molecule has 2 unspecified atom stereocenters. The van der Waals surface area contributed by atoms with Crippen molar-refractivity contribution in [1.29, 1.82) is 0 Å². The summed E-state index contributed by atoms with van der Waals surface area (Å²) in [6.07, 6.45) is 1.89. The molecule has 2 aromatic rings. The third-order valence-corrected chi connectivity index (χ3v) is 4.99. The fraction of sp³-hybridized carbons (Fsp3) is 0.300. The lowest BCUT2D eigenvalue weighted by Gasteiger charge is -2.32. The molecule has 0 spiro atoms. The first kappa shape index (κ1) is 15.8. The lowest BCUT2D eigenvalue weighted by Crippen LogP contribution is -2.47. The van der Waals surface area contributed by atoms with Gasteiger partial charge in [0.05, 0.1) is 11.7 Å². The van der Waals surface area contributed by atoms with Gasteiger partial charge in [0.1, 0.15) is 6.04 Å². The summed E-state index contributed by atoms with van der Waals surface area (Å²) in [6, 6.07) is 12.6. The van der Waals surface area contributed by atoms with Gasteiger partial charge in [-0.3, -0.25) is 9.59 Å². The van der Waals surface area contributed by atoms with Crippen molar-refractivity contribution in [2.24, 2.45) is 5.73 Å². The standard InChI is InChI=1S/C20H21N3O2/c1-12(21)19(24)22-17-15-9-3-2-8-14(15)16-10-4-6-13-7-5-11-23(18(13)16)20(17)25/h2-4,6,8-10,12,17H,5,7,11,21H2,1H3,(H,22,24). The van der Waals surface area contributed by atoms with Crippen LogP contribution in [0, 0.1) is 0 Å². The number of anilines is 1. The zero-order valence-electron chi connectivity index (χ0n) is 14.2. The highest BCUT2D eigenvalue weighted by Crippen LogP contribution is 2.43. The third-order valence-electron chi connectivity index (χ3n) is 4.99. The Morgan fingerprint density at radius 3 is 2.76 bits per heavy atom. The maximum Gasteiger partial charge on any atom is 0.254 e. The summed E-state index contributed by atoms with van der Waals surface area (Å²) in [5.41, 5.74) is 10.8. The Labute approximate surface area is 146 Å². The molecule has 0 aromatic heterocycles. The molecule has 2 atom stereocenters. The van der Waals surface area contributed by atoms with Gasteiger partial charge in [-0.1, -0.05) is 42.5 Å². The topological polar surface area (TPSA) is 75.4 Å². The van der Waals surface area contributed by atoms with Gasteiger partial charge in [0.2, 0.25) is 5.91 Å². The fourth-order valence-electron chi connectivity index (χ4n) is 3.79. The lowest BCUT2D eigenvalue weighted by atomic mass is 9.92. The van der Waals surface area contributed by atoms with Gasteiger partial charge >= 0.3 is 0 Å². The lowest BCUT2D eigenvalue weighted by molar-refractivity contribution is -0.128. The summed E-state index contributed by atoms with van der Waals surface area (Å²) in [6.45, 7) is 2.29. The number of nitrogens with zero attached hydrogens (tertiary/aromatic N) is 1. The molecule has 0 saturated carbocycles. The molecular formula is C20H21N3O2. The number of hydrogen-bond donors (Lipinski definition) is 2. The molecule has 2 aliphatic heterocycles. The van der Waals surface area contributed by atoms with Crippen molar-refractivity contribution in [3.63, 3.8) is 0 Å².